The second-order valence-electron chi connectivity index (χ2n) is 8.42. The summed E-state index contributed by atoms with van der Waals surface area (Å²) < 4.78 is 19.3. The highest BCUT2D eigenvalue weighted by Gasteiger charge is 2.20. The lowest BCUT2D eigenvalue weighted by Crippen LogP contribution is -2.26. The number of rotatable bonds is 10. The Labute approximate surface area is 204 Å². The van der Waals surface area contributed by atoms with Gasteiger partial charge in [0.05, 0.1) is 19.8 Å². The number of nitrogens with one attached hydrogen (secondary N) is 1. The molecule has 0 saturated carbocycles. The first-order chi connectivity index (χ1) is 15.7. The van der Waals surface area contributed by atoms with E-state index >= 15 is 0 Å². The maximum Gasteiger partial charge on any atom is 0.242 e. The number of hydrogen-bond acceptors (Lipinski definition) is 8. The van der Waals surface area contributed by atoms with Crippen molar-refractivity contribution in [2.75, 3.05) is 26.4 Å². The summed E-state index contributed by atoms with van der Waals surface area (Å²) in [5, 5.41) is 26.3. The summed E-state index contributed by atoms with van der Waals surface area (Å²) >= 11 is 0. The molecule has 186 valence electrons. The Morgan fingerprint density at radius 3 is 2.38 bits per heavy atom. The normalized spacial score (nSPS) is 11.2. The van der Waals surface area contributed by atoms with E-state index in [0.29, 0.717) is 41.8 Å². The van der Waals surface area contributed by atoms with Crippen molar-refractivity contribution in [3.8, 4) is 17.4 Å². The molecule has 1 aromatic carbocycles. The molecule has 2 aromatic heterocycles. The summed E-state index contributed by atoms with van der Waals surface area (Å²) in [5.41, 5.74) is 1.40. The summed E-state index contributed by atoms with van der Waals surface area (Å²) in [4.78, 5) is 13.2. The Bertz CT molecular complexity index is 1200. The molecule has 0 aliphatic heterocycles. The van der Waals surface area contributed by atoms with Crippen LogP contribution in [0.2, 0.25) is 0 Å². The molecular weight excluding hydrogens is 462 g/mol. The average molecular weight is 494 g/mol. The second kappa shape index (κ2) is 11.3. The van der Waals surface area contributed by atoms with Crippen LogP contribution in [0.3, 0.4) is 0 Å². The molecule has 0 atom stereocenters. The van der Waals surface area contributed by atoms with Gasteiger partial charge in [0.15, 0.2) is 11.5 Å². The number of aliphatic hydroxyl groups is 1. The van der Waals surface area contributed by atoms with E-state index in [2.05, 4.69) is 10.2 Å². The van der Waals surface area contributed by atoms with Gasteiger partial charge in [0, 0.05) is 11.6 Å². The van der Waals surface area contributed by atoms with Gasteiger partial charge < -0.3 is 19.3 Å². The summed E-state index contributed by atoms with van der Waals surface area (Å²) in [5.74, 6) is 0.999. The Morgan fingerprint density at radius 1 is 1.06 bits per heavy atom. The largest absolute Gasteiger partial charge is 0.491 e. The topological polar surface area (TPSA) is 124 Å². The van der Waals surface area contributed by atoms with Gasteiger partial charge >= 0.3 is 0 Å². The SMILES string of the molecule is CCOc1cc(OCC)c2nn(CC(=O)c3cc(OCCO)cc(C(C)(C)C)c3)c(=N)n2n1.Cl. The summed E-state index contributed by atoms with van der Waals surface area (Å²) in [7, 11) is 0. The molecule has 3 aromatic rings. The minimum Gasteiger partial charge on any atom is -0.491 e. The van der Waals surface area contributed by atoms with Crippen LogP contribution in [-0.4, -0.2) is 56.7 Å². The van der Waals surface area contributed by atoms with Crippen LogP contribution in [0.1, 0.15) is 50.5 Å². The molecule has 10 nitrogen and oxygen atoms in total. The number of benzene rings is 1. The number of hydrogen-bond donors (Lipinski definition) is 2. The van der Waals surface area contributed by atoms with Crippen LogP contribution in [-0.2, 0) is 12.0 Å². The van der Waals surface area contributed by atoms with E-state index in [-0.39, 0.29) is 49.0 Å². The Morgan fingerprint density at radius 2 is 1.76 bits per heavy atom. The van der Waals surface area contributed by atoms with Crippen LogP contribution in [0, 0.1) is 5.41 Å². The first-order valence-corrected chi connectivity index (χ1v) is 10.9. The van der Waals surface area contributed by atoms with Gasteiger partial charge in [0.2, 0.25) is 17.1 Å². The van der Waals surface area contributed by atoms with Gasteiger partial charge in [-0.25, -0.2) is 4.68 Å². The zero-order chi connectivity index (χ0) is 24.2. The van der Waals surface area contributed by atoms with Crippen molar-refractivity contribution in [1.29, 1.82) is 5.41 Å². The third kappa shape index (κ3) is 6.06. The van der Waals surface area contributed by atoms with Crippen molar-refractivity contribution in [3.63, 3.8) is 0 Å². The number of Topliss-reactive ketones (excluding diaryl/α,β-unsaturated/α-hetero) is 1. The zero-order valence-electron chi connectivity index (χ0n) is 20.1. The molecule has 0 spiro atoms. The summed E-state index contributed by atoms with van der Waals surface area (Å²) in [6.07, 6.45) is 0. The number of ether oxygens (including phenoxy) is 3. The lowest BCUT2D eigenvalue weighted by Gasteiger charge is -2.21. The highest BCUT2D eigenvalue weighted by atomic mass is 35.5. The molecule has 0 bridgehead atoms. The predicted molar refractivity (Wildman–Crippen MR) is 128 cm³/mol. The van der Waals surface area contributed by atoms with Crippen molar-refractivity contribution in [3.05, 3.63) is 41.0 Å². The van der Waals surface area contributed by atoms with Gasteiger partial charge in [-0.05, 0) is 43.0 Å². The number of halogens is 1. The molecule has 3 rings (SSSR count). The Kier molecular flexibility index (Phi) is 9.06. The maximum absolute atomic E-state index is 13.2. The fraction of sp³-hybridized carbons (Fsp3) is 0.478. The second-order valence-corrected chi connectivity index (χ2v) is 8.42. The first kappa shape index (κ1) is 27.1. The number of aromatic nitrogens is 4. The number of carbonyl (C=O) groups is 1. The van der Waals surface area contributed by atoms with E-state index in [0.717, 1.165) is 5.56 Å². The quantitative estimate of drug-likeness (QED) is 0.416. The summed E-state index contributed by atoms with van der Waals surface area (Å²) in [6, 6.07) is 6.96. The minimum absolute atomic E-state index is 0. The lowest BCUT2D eigenvalue weighted by molar-refractivity contribution is 0.0965. The molecule has 2 heterocycles. The molecule has 0 saturated heterocycles. The average Bonchev–Trinajstić information content (AvgIpc) is 3.07. The lowest BCUT2D eigenvalue weighted by atomic mass is 9.85. The number of nitrogens with zero attached hydrogens (tertiary/aromatic N) is 4. The molecule has 2 N–H and O–H groups in total. The van der Waals surface area contributed by atoms with E-state index in [1.165, 1.54) is 9.20 Å². The fourth-order valence-electron chi connectivity index (χ4n) is 3.22. The standard InChI is InChI=1S/C23H31N5O5.ClH/c1-6-31-19-13-20(32-7-2)25-28-21(19)26-27(22(28)24)14-18(30)15-10-16(23(3,4)5)12-17(11-15)33-9-8-29;/h10-13,24,29H,6-9,14H2,1-5H3;1H. The van der Waals surface area contributed by atoms with Crippen LogP contribution in [0.4, 0.5) is 0 Å². The molecule has 0 fully saturated rings. The molecule has 34 heavy (non-hydrogen) atoms. The molecule has 11 heteroatoms. The molecule has 0 unspecified atom stereocenters. The zero-order valence-corrected chi connectivity index (χ0v) is 20.9. The summed E-state index contributed by atoms with van der Waals surface area (Å²) in [6.45, 7) is 10.5. The third-order valence-corrected chi connectivity index (χ3v) is 4.87. The van der Waals surface area contributed by atoms with E-state index < -0.39 is 0 Å². The van der Waals surface area contributed by atoms with Crippen LogP contribution >= 0.6 is 12.4 Å². The van der Waals surface area contributed by atoms with Crippen LogP contribution in [0.15, 0.2) is 24.3 Å². The van der Waals surface area contributed by atoms with E-state index in [9.17, 15) is 4.79 Å². The predicted octanol–water partition coefficient (Wildman–Crippen LogP) is 2.78. The number of ketones is 1. The Balaban J connectivity index is 0.00000408. The van der Waals surface area contributed by atoms with Gasteiger partial charge in [-0.15, -0.1) is 22.6 Å². The van der Waals surface area contributed by atoms with Crippen molar-refractivity contribution in [2.45, 2.75) is 46.6 Å². The van der Waals surface area contributed by atoms with Gasteiger partial charge in [-0.2, -0.15) is 4.52 Å². The number of fused-ring (bicyclic) bond motifs is 1. The van der Waals surface area contributed by atoms with Crippen LogP contribution in [0.5, 0.6) is 17.4 Å². The number of aliphatic hydroxyl groups excluding tert-OH is 1. The maximum atomic E-state index is 13.2. The van der Waals surface area contributed by atoms with E-state index in [1.54, 1.807) is 12.1 Å². The van der Waals surface area contributed by atoms with E-state index in [1.807, 2.05) is 46.8 Å². The highest BCUT2D eigenvalue weighted by molar-refractivity contribution is 5.96. The van der Waals surface area contributed by atoms with Gasteiger partial charge in [0.1, 0.15) is 18.9 Å². The fourth-order valence-corrected chi connectivity index (χ4v) is 3.22. The van der Waals surface area contributed by atoms with Crippen molar-refractivity contribution in [2.24, 2.45) is 0 Å². The van der Waals surface area contributed by atoms with Gasteiger partial charge in [-0.1, -0.05) is 20.8 Å². The van der Waals surface area contributed by atoms with Crippen LogP contribution < -0.4 is 19.8 Å². The molecular formula is C23H32ClN5O5. The van der Waals surface area contributed by atoms with Crippen LogP contribution in [0.25, 0.3) is 5.65 Å². The van der Waals surface area contributed by atoms with Crippen molar-refractivity contribution < 1.29 is 24.1 Å². The number of carbonyl (C=O) groups excluding carboxylic acids is 1. The smallest absolute Gasteiger partial charge is 0.242 e. The van der Waals surface area contributed by atoms with Crippen molar-refractivity contribution in [1.82, 2.24) is 19.4 Å². The molecule has 0 aliphatic carbocycles. The van der Waals surface area contributed by atoms with Gasteiger partial charge in [0.25, 0.3) is 0 Å². The molecule has 0 amide bonds. The van der Waals surface area contributed by atoms with Crippen molar-refractivity contribution >= 4 is 23.8 Å². The highest BCUT2D eigenvalue weighted by Crippen LogP contribution is 2.28. The van der Waals surface area contributed by atoms with E-state index in [4.69, 9.17) is 24.7 Å². The first-order valence-electron chi connectivity index (χ1n) is 10.9. The molecule has 0 radical (unpaired) electrons. The Hall–Kier alpha value is -3.11. The third-order valence-electron chi connectivity index (χ3n) is 4.87. The minimum atomic E-state index is -0.236. The van der Waals surface area contributed by atoms with Gasteiger partial charge in [-0.3, -0.25) is 10.2 Å². The molecule has 0 aliphatic rings. The monoisotopic (exact) mass is 493 g/mol.